The fraction of sp³-hybridized carbons (Fsp3) is 0.800. The molecule has 2 N–H and O–H groups in total. The van der Waals surface area contributed by atoms with Crippen LogP contribution < -0.4 is 0 Å². The number of hydrogen-bond acceptors (Lipinski definition) is 4. The van der Waals surface area contributed by atoms with Gasteiger partial charge in [-0.1, -0.05) is 6.92 Å². The molecule has 0 aromatic rings. The zero-order valence-corrected chi connectivity index (χ0v) is 9.26. The van der Waals surface area contributed by atoms with Gasteiger partial charge in [-0.05, 0) is 12.3 Å². The maximum Gasteiger partial charge on any atom is 0.329 e. The maximum absolute atomic E-state index is 11.6. The molecule has 1 amide bonds. The van der Waals surface area contributed by atoms with Crippen molar-refractivity contribution in [2.24, 2.45) is 5.92 Å². The molecule has 0 saturated carbocycles. The van der Waals surface area contributed by atoms with E-state index >= 15 is 0 Å². The average molecular weight is 231 g/mol. The minimum atomic E-state index is -1.10. The van der Waals surface area contributed by atoms with E-state index < -0.39 is 12.6 Å². The lowest BCUT2D eigenvalue weighted by molar-refractivity contribution is -0.146. The Balaban J connectivity index is 2.38. The fourth-order valence-corrected chi connectivity index (χ4v) is 1.90. The third-order valence-electron chi connectivity index (χ3n) is 2.84. The van der Waals surface area contributed by atoms with E-state index in [4.69, 9.17) is 14.9 Å². The lowest BCUT2D eigenvalue weighted by Gasteiger charge is -2.24. The van der Waals surface area contributed by atoms with Gasteiger partial charge >= 0.3 is 5.97 Å². The van der Waals surface area contributed by atoms with Gasteiger partial charge in [0.25, 0.3) is 0 Å². The van der Waals surface area contributed by atoms with Crippen LogP contribution in [0, 0.1) is 5.92 Å². The number of aliphatic carboxylic acids is 1. The standard InChI is InChI=1S/C10H17NO5/c1-7-2-3-11(8(7)4-12)9(13)5-16-6-10(14)15/h7-8,12H,2-6H2,1H3,(H,14,15). The van der Waals surface area contributed by atoms with E-state index in [1.165, 1.54) is 0 Å². The number of carboxylic acids is 1. The van der Waals surface area contributed by atoms with Crippen molar-refractivity contribution in [3.63, 3.8) is 0 Å². The highest BCUT2D eigenvalue weighted by Crippen LogP contribution is 2.23. The predicted octanol–water partition coefficient (Wildman–Crippen LogP) is -0.683. The molecule has 1 aliphatic heterocycles. The first-order chi connectivity index (χ1) is 7.56. The summed E-state index contributed by atoms with van der Waals surface area (Å²) < 4.78 is 4.72. The molecule has 92 valence electrons. The summed E-state index contributed by atoms with van der Waals surface area (Å²) in [5.41, 5.74) is 0. The van der Waals surface area contributed by atoms with E-state index in [1.807, 2.05) is 6.92 Å². The molecule has 0 radical (unpaired) electrons. The Morgan fingerprint density at radius 1 is 1.44 bits per heavy atom. The SMILES string of the molecule is CC1CCN(C(=O)COCC(=O)O)C1CO. The number of rotatable bonds is 5. The second kappa shape index (κ2) is 5.81. The Kier molecular flexibility index (Phi) is 4.70. The number of ether oxygens (including phenoxy) is 1. The number of likely N-dealkylation sites (tertiary alicyclic amines) is 1. The van der Waals surface area contributed by atoms with E-state index in [0.29, 0.717) is 6.54 Å². The zero-order valence-electron chi connectivity index (χ0n) is 9.26. The number of aliphatic hydroxyl groups is 1. The van der Waals surface area contributed by atoms with Crippen LogP contribution in [-0.4, -0.2) is 59.4 Å². The van der Waals surface area contributed by atoms with Gasteiger partial charge in [-0.25, -0.2) is 4.79 Å². The Morgan fingerprint density at radius 3 is 2.69 bits per heavy atom. The molecular weight excluding hydrogens is 214 g/mol. The third kappa shape index (κ3) is 3.18. The molecule has 16 heavy (non-hydrogen) atoms. The summed E-state index contributed by atoms with van der Waals surface area (Å²) in [6, 6.07) is -0.166. The Bertz CT molecular complexity index is 268. The molecule has 1 rings (SSSR count). The lowest BCUT2D eigenvalue weighted by Crippen LogP contribution is -2.41. The molecule has 1 saturated heterocycles. The first kappa shape index (κ1) is 12.9. The summed E-state index contributed by atoms with van der Waals surface area (Å²) in [5.74, 6) is -1.08. The zero-order chi connectivity index (χ0) is 12.1. The number of carboxylic acid groups (broad SMARTS) is 1. The van der Waals surface area contributed by atoms with Crippen LogP contribution in [-0.2, 0) is 14.3 Å². The van der Waals surface area contributed by atoms with Gasteiger partial charge in [-0.3, -0.25) is 4.79 Å². The molecule has 0 aromatic carbocycles. The molecule has 1 fully saturated rings. The number of amides is 1. The van der Waals surface area contributed by atoms with Crippen molar-refractivity contribution in [1.29, 1.82) is 0 Å². The van der Waals surface area contributed by atoms with Gasteiger partial charge in [0.15, 0.2) is 0 Å². The van der Waals surface area contributed by atoms with Crippen LogP contribution in [0.1, 0.15) is 13.3 Å². The van der Waals surface area contributed by atoms with Crippen LogP contribution in [0.3, 0.4) is 0 Å². The number of hydrogen-bond donors (Lipinski definition) is 2. The molecule has 0 aromatic heterocycles. The molecular formula is C10H17NO5. The highest BCUT2D eigenvalue weighted by Gasteiger charge is 2.33. The molecule has 0 spiro atoms. The maximum atomic E-state index is 11.6. The highest BCUT2D eigenvalue weighted by molar-refractivity contribution is 5.78. The average Bonchev–Trinajstić information content (AvgIpc) is 2.58. The molecule has 1 heterocycles. The van der Waals surface area contributed by atoms with Crippen molar-refractivity contribution >= 4 is 11.9 Å². The van der Waals surface area contributed by atoms with Crippen molar-refractivity contribution in [2.45, 2.75) is 19.4 Å². The smallest absolute Gasteiger partial charge is 0.329 e. The topological polar surface area (TPSA) is 87.1 Å². The monoisotopic (exact) mass is 231 g/mol. The van der Waals surface area contributed by atoms with E-state index in [1.54, 1.807) is 4.90 Å². The van der Waals surface area contributed by atoms with Crippen molar-refractivity contribution in [2.75, 3.05) is 26.4 Å². The van der Waals surface area contributed by atoms with Crippen molar-refractivity contribution in [3.05, 3.63) is 0 Å². The van der Waals surface area contributed by atoms with Gasteiger partial charge in [0, 0.05) is 6.54 Å². The van der Waals surface area contributed by atoms with Gasteiger partial charge in [0.05, 0.1) is 12.6 Å². The number of aliphatic hydroxyl groups excluding tert-OH is 1. The van der Waals surface area contributed by atoms with Gasteiger partial charge in [-0.2, -0.15) is 0 Å². The highest BCUT2D eigenvalue weighted by atomic mass is 16.5. The van der Waals surface area contributed by atoms with E-state index in [9.17, 15) is 9.59 Å². The fourth-order valence-electron chi connectivity index (χ4n) is 1.90. The molecule has 1 aliphatic rings. The molecule has 6 nitrogen and oxygen atoms in total. The Labute approximate surface area is 93.8 Å². The minimum Gasteiger partial charge on any atom is -0.480 e. The van der Waals surface area contributed by atoms with Crippen molar-refractivity contribution in [3.8, 4) is 0 Å². The van der Waals surface area contributed by atoms with Crippen LogP contribution in [0.15, 0.2) is 0 Å². The van der Waals surface area contributed by atoms with Crippen LogP contribution in [0.5, 0.6) is 0 Å². The summed E-state index contributed by atoms with van der Waals surface area (Å²) >= 11 is 0. The number of carbonyl (C=O) groups is 2. The lowest BCUT2D eigenvalue weighted by atomic mass is 10.0. The number of nitrogens with zero attached hydrogens (tertiary/aromatic N) is 1. The van der Waals surface area contributed by atoms with E-state index in [2.05, 4.69) is 0 Å². The van der Waals surface area contributed by atoms with Gasteiger partial charge < -0.3 is 19.8 Å². The summed E-state index contributed by atoms with van der Waals surface area (Å²) in [4.78, 5) is 23.4. The van der Waals surface area contributed by atoms with Gasteiger partial charge in [0.2, 0.25) is 5.91 Å². The normalized spacial score (nSPS) is 24.8. The van der Waals surface area contributed by atoms with Gasteiger partial charge in [-0.15, -0.1) is 0 Å². The summed E-state index contributed by atoms with van der Waals surface area (Å²) in [6.07, 6.45) is 0.857. The van der Waals surface area contributed by atoms with Crippen LogP contribution in [0.2, 0.25) is 0 Å². The van der Waals surface area contributed by atoms with Crippen LogP contribution >= 0.6 is 0 Å². The Hall–Kier alpha value is -1.14. The van der Waals surface area contributed by atoms with Crippen molar-refractivity contribution in [1.82, 2.24) is 4.90 Å². The molecule has 0 bridgehead atoms. The summed E-state index contributed by atoms with van der Waals surface area (Å²) in [6.45, 7) is 1.80. The summed E-state index contributed by atoms with van der Waals surface area (Å²) in [7, 11) is 0. The molecule has 2 atom stereocenters. The van der Waals surface area contributed by atoms with Gasteiger partial charge in [0.1, 0.15) is 13.2 Å². The van der Waals surface area contributed by atoms with Crippen LogP contribution in [0.25, 0.3) is 0 Å². The van der Waals surface area contributed by atoms with E-state index in [-0.39, 0.29) is 31.1 Å². The second-order valence-electron chi connectivity index (χ2n) is 3.99. The molecule has 0 aliphatic carbocycles. The number of carbonyl (C=O) groups excluding carboxylic acids is 1. The molecule has 6 heteroatoms. The first-order valence-corrected chi connectivity index (χ1v) is 5.26. The summed E-state index contributed by atoms with van der Waals surface area (Å²) in [5, 5.41) is 17.5. The first-order valence-electron chi connectivity index (χ1n) is 5.26. The quantitative estimate of drug-likeness (QED) is 0.654. The Morgan fingerprint density at radius 2 is 2.12 bits per heavy atom. The van der Waals surface area contributed by atoms with Crippen molar-refractivity contribution < 1.29 is 24.5 Å². The largest absolute Gasteiger partial charge is 0.480 e. The minimum absolute atomic E-state index is 0.0637. The predicted molar refractivity (Wildman–Crippen MR) is 54.8 cm³/mol. The van der Waals surface area contributed by atoms with E-state index in [0.717, 1.165) is 6.42 Å². The van der Waals surface area contributed by atoms with Crippen LogP contribution in [0.4, 0.5) is 0 Å². The molecule has 2 unspecified atom stereocenters. The third-order valence-corrected chi connectivity index (χ3v) is 2.84. The second-order valence-corrected chi connectivity index (χ2v) is 3.99.